The van der Waals surface area contributed by atoms with Crippen LogP contribution in [0.1, 0.15) is 25.9 Å². The summed E-state index contributed by atoms with van der Waals surface area (Å²) in [5.74, 6) is 1.36. The normalized spacial score (nSPS) is 13.7. The molecule has 5 heteroatoms. The summed E-state index contributed by atoms with van der Waals surface area (Å²) >= 11 is 1.23. The van der Waals surface area contributed by atoms with Crippen LogP contribution in [0.2, 0.25) is 0 Å². The molecule has 0 atom stereocenters. The van der Waals surface area contributed by atoms with E-state index in [9.17, 15) is 4.11 Å². The van der Waals surface area contributed by atoms with Crippen LogP contribution in [0.25, 0.3) is 110 Å². The van der Waals surface area contributed by atoms with Crippen LogP contribution in [-0.4, -0.2) is 19.5 Å². The number of thiophene rings is 1. The molecule has 0 aliphatic heterocycles. The zero-order valence-corrected chi connectivity index (χ0v) is 34.1. The molecule has 0 bridgehead atoms. The fraction of sp³-hybridized carbons (Fsp3) is 0.0351. The number of para-hydroxylation sites is 2. The molecular weight excluding hydrogens is 773 g/mol. The smallest absolute Gasteiger partial charge is 0.166 e. The van der Waals surface area contributed by atoms with Gasteiger partial charge in [-0.1, -0.05) is 188 Å². The van der Waals surface area contributed by atoms with Gasteiger partial charge >= 0.3 is 0 Å². The van der Waals surface area contributed by atoms with Gasteiger partial charge in [-0.05, 0) is 53.3 Å². The van der Waals surface area contributed by atoms with Crippen molar-refractivity contribution in [1.82, 2.24) is 19.5 Å². The van der Waals surface area contributed by atoms with E-state index in [1.807, 2.05) is 91.0 Å². The molecule has 62 heavy (non-hydrogen) atoms. The largest absolute Gasteiger partial charge is 0.312 e. The number of allylic oxidation sites excluding steroid dienone is 1. The summed E-state index contributed by atoms with van der Waals surface area (Å²) in [7, 11) is 0. The lowest BCUT2D eigenvalue weighted by molar-refractivity contribution is 0.889. The second-order valence-electron chi connectivity index (χ2n) is 15.4. The summed E-state index contributed by atoms with van der Waals surface area (Å²) in [6.07, 6.45) is 5.93. The summed E-state index contributed by atoms with van der Waals surface area (Å²) in [5.41, 5.74) is 11.4. The van der Waals surface area contributed by atoms with E-state index in [0.29, 0.717) is 54.6 Å². The molecule has 0 saturated heterocycles. The van der Waals surface area contributed by atoms with E-state index in [1.54, 1.807) is 0 Å². The maximum Gasteiger partial charge on any atom is 0.166 e. The van der Waals surface area contributed by atoms with Gasteiger partial charge in [-0.15, -0.1) is 11.3 Å². The Bertz CT molecular complexity index is 3750. The highest BCUT2D eigenvalue weighted by molar-refractivity contribution is 7.26. The minimum Gasteiger partial charge on any atom is -0.312 e. The molecule has 11 aromatic rings. The van der Waals surface area contributed by atoms with Crippen LogP contribution in [0.4, 0.5) is 0 Å². The SMILES string of the molecule is [2H]c1cc([2H])c2sc3c(-c4cccc(-c5nc(-c6ccc(-c7ccccc7)cc6)nc(-c6ccc(-c7ccccc7)cc6)n5)c4-n4c5c(c6ccccc64)C=CCC5)c([2H])c([2H])c([2H])c3c2c1[2H]. The first kappa shape index (κ1) is 30.3. The van der Waals surface area contributed by atoms with Gasteiger partial charge in [0.25, 0.3) is 0 Å². The van der Waals surface area contributed by atoms with E-state index < -0.39 is 0 Å². The molecule has 292 valence electrons. The Morgan fingerprint density at radius 1 is 0.468 bits per heavy atom. The number of fused-ring (bicyclic) bond motifs is 6. The van der Waals surface area contributed by atoms with Gasteiger partial charge in [0.2, 0.25) is 0 Å². The minimum atomic E-state index is -0.296. The van der Waals surface area contributed by atoms with Crippen LogP contribution in [0.5, 0.6) is 0 Å². The summed E-state index contributed by atoms with van der Waals surface area (Å²) in [6.45, 7) is 0. The van der Waals surface area contributed by atoms with Crippen molar-refractivity contribution in [2.24, 2.45) is 0 Å². The van der Waals surface area contributed by atoms with Crippen molar-refractivity contribution in [1.29, 1.82) is 0 Å². The van der Waals surface area contributed by atoms with Crippen LogP contribution < -0.4 is 0 Å². The van der Waals surface area contributed by atoms with Crippen molar-refractivity contribution < 1.29 is 8.22 Å². The Balaban J connectivity index is 1.17. The van der Waals surface area contributed by atoms with Gasteiger partial charge in [-0.2, -0.15) is 0 Å². The van der Waals surface area contributed by atoms with Crippen LogP contribution in [0.15, 0.2) is 200 Å². The van der Waals surface area contributed by atoms with Crippen molar-refractivity contribution in [2.75, 3.05) is 0 Å². The van der Waals surface area contributed by atoms with Crippen LogP contribution >= 0.6 is 11.3 Å². The average molecular weight is 817 g/mol. The predicted molar refractivity (Wildman–Crippen MR) is 260 cm³/mol. The number of nitrogens with zero attached hydrogens (tertiary/aromatic N) is 4. The molecule has 0 fully saturated rings. The standard InChI is InChI=1S/C57H38N4S/c1-3-15-37(16-4-1)39-29-33-41(34-30-39)55-58-56(42-35-31-40(32-36-42)38-17-5-2-6-18-38)60-57(59-55)49-25-13-22-46(48-24-14-23-47-45-21-9-12-28-52(45)62-54(47)48)53(49)61-50-26-10-7-19-43(50)44-20-8-11-27-51(44)61/h1-10,12-26,28-36H,11,27H2/i9D,14D,21D,23D,24D,28D. The Morgan fingerprint density at radius 2 is 1.06 bits per heavy atom. The summed E-state index contributed by atoms with van der Waals surface area (Å²) in [5, 5.41) is 1.65. The highest BCUT2D eigenvalue weighted by Crippen LogP contribution is 2.46. The lowest BCUT2D eigenvalue weighted by Gasteiger charge is -2.21. The number of aromatic nitrogens is 4. The van der Waals surface area contributed by atoms with E-state index in [0.717, 1.165) is 68.4 Å². The number of rotatable bonds is 7. The third-order valence-corrected chi connectivity index (χ3v) is 12.9. The van der Waals surface area contributed by atoms with E-state index in [2.05, 4.69) is 77.4 Å². The van der Waals surface area contributed by atoms with Crippen molar-refractivity contribution in [2.45, 2.75) is 12.8 Å². The monoisotopic (exact) mass is 816 g/mol. The maximum atomic E-state index is 9.69. The second-order valence-corrected chi connectivity index (χ2v) is 16.4. The third kappa shape index (κ3) is 6.17. The van der Waals surface area contributed by atoms with Crippen molar-refractivity contribution in [3.05, 3.63) is 211 Å². The molecule has 12 rings (SSSR count). The van der Waals surface area contributed by atoms with Gasteiger partial charge in [0.15, 0.2) is 17.5 Å². The fourth-order valence-corrected chi connectivity index (χ4v) is 9.89. The quantitative estimate of drug-likeness (QED) is 0.161. The number of benzene rings is 8. The van der Waals surface area contributed by atoms with E-state index in [1.165, 1.54) is 17.4 Å². The van der Waals surface area contributed by atoms with Crippen molar-refractivity contribution in [3.63, 3.8) is 0 Å². The average Bonchev–Trinajstić information content (AvgIpc) is 3.95. The predicted octanol–water partition coefficient (Wildman–Crippen LogP) is 15.1. The van der Waals surface area contributed by atoms with E-state index in [4.69, 9.17) is 19.1 Å². The maximum absolute atomic E-state index is 9.69. The first-order chi connectivity index (χ1) is 33.2. The first-order valence-electron chi connectivity index (χ1n) is 23.7. The van der Waals surface area contributed by atoms with Gasteiger partial charge in [-0.25, -0.2) is 15.0 Å². The Hall–Kier alpha value is -7.73. The molecule has 4 nitrogen and oxygen atoms in total. The Labute approximate surface area is 372 Å². The van der Waals surface area contributed by atoms with Gasteiger partial charge in [0, 0.05) is 64.6 Å². The fourth-order valence-electron chi connectivity index (χ4n) is 8.79. The minimum absolute atomic E-state index is 0.0655. The second kappa shape index (κ2) is 15.1. The highest BCUT2D eigenvalue weighted by Gasteiger charge is 2.26. The van der Waals surface area contributed by atoms with Crippen LogP contribution in [0, 0.1) is 0 Å². The van der Waals surface area contributed by atoms with E-state index >= 15 is 0 Å². The van der Waals surface area contributed by atoms with Crippen molar-refractivity contribution in [3.8, 4) is 73.2 Å². The Morgan fingerprint density at radius 3 is 1.77 bits per heavy atom. The Kier molecular flexibility index (Phi) is 7.37. The number of hydrogen-bond acceptors (Lipinski definition) is 4. The molecule has 0 saturated carbocycles. The molecule has 0 amide bonds. The molecule has 0 N–H and O–H groups in total. The summed E-state index contributed by atoms with van der Waals surface area (Å²) in [6, 6.07) is 51.6. The van der Waals surface area contributed by atoms with Crippen LogP contribution in [-0.2, 0) is 6.42 Å². The summed E-state index contributed by atoms with van der Waals surface area (Å²) < 4.78 is 57.8. The lowest BCUT2D eigenvalue weighted by Crippen LogP contribution is -2.08. The van der Waals surface area contributed by atoms with Gasteiger partial charge in [0.1, 0.15) is 0 Å². The molecule has 1 aliphatic carbocycles. The molecule has 3 aromatic heterocycles. The molecule has 0 spiro atoms. The highest BCUT2D eigenvalue weighted by atomic mass is 32.1. The van der Waals surface area contributed by atoms with E-state index in [-0.39, 0.29) is 41.6 Å². The molecule has 0 unspecified atom stereocenters. The van der Waals surface area contributed by atoms with Gasteiger partial charge < -0.3 is 4.57 Å². The third-order valence-electron chi connectivity index (χ3n) is 11.7. The van der Waals surface area contributed by atoms with Gasteiger partial charge in [-0.3, -0.25) is 0 Å². The van der Waals surface area contributed by atoms with Gasteiger partial charge in [0.05, 0.1) is 19.4 Å². The van der Waals surface area contributed by atoms with Crippen molar-refractivity contribution >= 4 is 48.5 Å². The molecule has 3 heterocycles. The molecule has 1 aliphatic rings. The number of hydrogen-bond donors (Lipinski definition) is 0. The first-order valence-corrected chi connectivity index (χ1v) is 21.5. The topological polar surface area (TPSA) is 43.6 Å². The molecular formula is C57H38N4S. The summed E-state index contributed by atoms with van der Waals surface area (Å²) in [4.78, 5) is 15.8. The van der Waals surface area contributed by atoms with Crippen LogP contribution in [0.3, 0.4) is 0 Å². The molecule has 0 radical (unpaired) electrons. The zero-order valence-electron chi connectivity index (χ0n) is 39.3. The zero-order chi connectivity index (χ0) is 46.2. The molecule has 8 aromatic carbocycles. The lowest BCUT2D eigenvalue weighted by atomic mass is 9.96.